The van der Waals surface area contributed by atoms with Gasteiger partial charge in [0.2, 0.25) is 0 Å². The van der Waals surface area contributed by atoms with Gasteiger partial charge >= 0.3 is 0 Å². The highest BCUT2D eigenvalue weighted by Gasteiger charge is 2.16. The SMILES string of the molecule is CCNC(=NCc1ccnn1C)NCCC1CCN(C)CC1.I. The van der Waals surface area contributed by atoms with Gasteiger partial charge < -0.3 is 15.5 Å². The maximum absolute atomic E-state index is 4.64. The number of rotatable bonds is 6. The van der Waals surface area contributed by atoms with E-state index < -0.39 is 0 Å². The first-order valence-corrected chi connectivity index (χ1v) is 8.36. The van der Waals surface area contributed by atoms with Gasteiger partial charge in [-0.1, -0.05) is 0 Å². The van der Waals surface area contributed by atoms with Gasteiger partial charge in [-0.05, 0) is 58.3 Å². The first-order chi connectivity index (χ1) is 10.7. The average Bonchev–Trinajstić information content (AvgIpc) is 2.92. The maximum Gasteiger partial charge on any atom is 0.191 e. The van der Waals surface area contributed by atoms with Crippen LogP contribution in [0.4, 0.5) is 0 Å². The van der Waals surface area contributed by atoms with Crippen LogP contribution < -0.4 is 10.6 Å². The Balaban J connectivity index is 0.00000264. The Hall–Kier alpha value is -0.830. The van der Waals surface area contributed by atoms with E-state index in [1.807, 2.05) is 24.0 Å². The third kappa shape index (κ3) is 7.07. The van der Waals surface area contributed by atoms with Crippen molar-refractivity contribution in [3.8, 4) is 0 Å². The summed E-state index contributed by atoms with van der Waals surface area (Å²) in [5, 5.41) is 10.9. The molecular weight excluding hydrogens is 403 g/mol. The van der Waals surface area contributed by atoms with Crippen molar-refractivity contribution in [3.63, 3.8) is 0 Å². The molecule has 0 radical (unpaired) electrons. The molecule has 0 saturated carbocycles. The number of halogens is 1. The van der Waals surface area contributed by atoms with Crippen LogP contribution in [0.2, 0.25) is 0 Å². The summed E-state index contributed by atoms with van der Waals surface area (Å²) in [4.78, 5) is 7.06. The van der Waals surface area contributed by atoms with E-state index in [1.54, 1.807) is 0 Å². The molecule has 0 bridgehead atoms. The Morgan fingerprint density at radius 1 is 1.30 bits per heavy atom. The van der Waals surface area contributed by atoms with Crippen LogP contribution >= 0.6 is 24.0 Å². The van der Waals surface area contributed by atoms with Gasteiger partial charge in [0.15, 0.2) is 5.96 Å². The molecule has 0 spiro atoms. The van der Waals surface area contributed by atoms with Crippen molar-refractivity contribution < 1.29 is 0 Å². The van der Waals surface area contributed by atoms with Crippen molar-refractivity contribution in [1.29, 1.82) is 0 Å². The standard InChI is InChI=1S/C16H30N6.HI/c1-4-17-16(19-13-15-6-10-20-22(15)3)18-9-5-14-7-11-21(2)12-8-14;/h6,10,14H,4-5,7-9,11-13H2,1-3H3,(H2,17,18,19);1H. The lowest BCUT2D eigenvalue weighted by atomic mass is 9.94. The zero-order chi connectivity index (χ0) is 15.8. The first kappa shape index (κ1) is 20.2. The van der Waals surface area contributed by atoms with E-state index >= 15 is 0 Å². The van der Waals surface area contributed by atoms with E-state index in [0.717, 1.165) is 30.7 Å². The molecule has 1 aromatic rings. The lowest BCUT2D eigenvalue weighted by Gasteiger charge is -2.29. The van der Waals surface area contributed by atoms with Crippen molar-refractivity contribution in [2.75, 3.05) is 33.2 Å². The van der Waals surface area contributed by atoms with E-state index in [9.17, 15) is 0 Å². The molecule has 7 heteroatoms. The number of aryl methyl sites for hydroxylation is 1. The van der Waals surface area contributed by atoms with E-state index in [1.165, 1.54) is 32.4 Å². The fourth-order valence-electron chi connectivity index (χ4n) is 2.80. The maximum atomic E-state index is 4.64. The van der Waals surface area contributed by atoms with E-state index in [4.69, 9.17) is 0 Å². The van der Waals surface area contributed by atoms with Crippen LogP contribution in [0, 0.1) is 5.92 Å². The number of aliphatic imine (C=N–C) groups is 1. The molecule has 0 aromatic carbocycles. The molecule has 0 amide bonds. The van der Waals surface area contributed by atoms with Crippen LogP contribution in [0.3, 0.4) is 0 Å². The largest absolute Gasteiger partial charge is 0.357 e. The smallest absolute Gasteiger partial charge is 0.191 e. The predicted octanol–water partition coefficient (Wildman–Crippen LogP) is 1.83. The van der Waals surface area contributed by atoms with E-state index in [-0.39, 0.29) is 24.0 Å². The highest BCUT2D eigenvalue weighted by Crippen LogP contribution is 2.18. The van der Waals surface area contributed by atoms with E-state index in [0.29, 0.717) is 6.54 Å². The molecule has 23 heavy (non-hydrogen) atoms. The minimum atomic E-state index is 0. The van der Waals surface area contributed by atoms with Gasteiger partial charge in [0.25, 0.3) is 0 Å². The molecule has 1 saturated heterocycles. The van der Waals surface area contributed by atoms with Gasteiger partial charge in [0.05, 0.1) is 12.2 Å². The minimum absolute atomic E-state index is 0. The number of likely N-dealkylation sites (tertiary alicyclic amines) is 1. The second-order valence-corrected chi connectivity index (χ2v) is 6.10. The minimum Gasteiger partial charge on any atom is -0.357 e. The van der Waals surface area contributed by atoms with Crippen LogP contribution in [0.5, 0.6) is 0 Å². The Morgan fingerprint density at radius 3 is 2.65 bits per heavy atom. The second kappa shape index (κ2) is 10.9. The first-order valence-electron chi connectivity index (χ1n) is 8.36. The fraction of sp³-hybridized carbons (Fsp3) is 0.750. The fourth-order valence-corrected chi connectivity index (χ4v) is 2.80. The third-order valence-electron chi connectivity index (χ3n) is 4.35. The number of piperidine rings is 1. The zero-order valence-corrected chi connectivity index (χ0v) is 16.9. The molecule has 6 nitrogen and oxygen atoms in total. The van der Waals surface area contributed by atoms with Gasteiger partial charge in [-0.15, -0.1) is 24.0 Å². The molecule has 2 heterocycles. The Morgan fingerprint density at radius 2 is 2.04 bits per heavy atom. The molecule has 0 atom stereocenters. The number of nitrogens with one attached hydrogen (secondary N) is 2. The summed E-state index contributed by atoms with van der Waals surface area (Å²) in [6.07, 6.45) is 5.68. The van der Waals surface area contributed by atoms with Gasteiger partial charge in [-0.3, -0.25) is 4.68 Å². The molecule has 0 aliphatic carbocycles. The van der Waals surface area contributed by atoms with Crippen molar-refractivity contribution >= 4 is 29.9 Å². The van der Waals surface area contributed by atoms with Crippen LogP contribution in [0.25, 0.3) is 0 Å². The normalized spacial score (nSPS) is 16.9. The number of hydrogen-bond donors (Lipinski definition) is 2. The Kier molecular flexibility index (Phi) is 9.54. The van der Waals surface area contributed by atoms with Crippen molar-refractivity contribution in [2.24, 2.45) is 18.0 Å². The highest BCUT2D eigenvalue weighted by atomic mass is 127. The summed E-state index contributed by atoms with van der Waals surface area (Å²) in [7, 11) is 4.16. The van der Waals surface area contributed by atoms with E-state index in [2.05, 4.69) is 39.6 Å². The van der Waals surface area contributed by atoms with Crippen LogP contribution in [0.1, 0.15) is 31.9 Å². The quantitative estimate of drug-likeness (QED) is 0.408. The predicted molar refractivity (Wildman–Crippen MR) is 106 cm³/mol. The zero-order valence-electron chi connectivity index (χ0n) is 14.6. The van der Waals surface area contributed by atoms with Crippen molar-refractivity contribution in [1.82, 2.24) is 25.3 Å². The molecule has 2 rings (SSSR count). The summed E-state index contributed by atoms with van der Waals surface area (Å²) in [6.45, 7) is 7.09. The highest BCUT2D eigenvalue weighted by molar-refractivity contribution is 14.0. The number of guanidine groups is 1. The number of hydrogen-bond acceptors (Lipinski definition) is 3. The Bertz CT molecular complexity index is 465. The Labute approximate surface area is 157 Å². The molecular formula is C16H31IN6. The van der Waals surface area contributed by atoms with Gasteiger partial charge in [-0.2, -0.15) is 5.10 Å². The third-order valence-corrected chi connectivity index (χ3v) is 4.35. The topological polar surface area (TPSA) is 57.5 Å². The molecule has 1 fully saturated rings. The summed E-state index contributed by atoms with van der Waals surface area (Å²) in [6, 6.07) is 2.01. The molecule has 1 aliphatic heterocycles. The average molecular weight is 434 g/mol. The number of nitrogens with zero attached hydrogens (tertiary/aromatic N) is 4. The molecule has 2 N–H and O–H groups in total. The second-order valence-electron chi connectivity index (χ2n) is 6.10. The summed E-state index contributed by atoms with van der Waals surface area (Å²) in [5.74, 6) is 1.75. The van der Waals surface area contributed by atoms with Gasteiger partial charge in [-0.25, -0.2) is 4.99 Å². The molecule has 1 aliphatic rings. The lowest BCUT2D eigenvalue weighted by molar-refractivity contribution is 0.213. The van der Waals surface area contributed by atoms with Crippen molar-refractivity contribution in [2.45, 2.75) is 32.7 Å². The van der Waals surface area contributed by atoms with Crippen LogP contribution in [-0.4, -0.2) is 53.9 Å². The summed E-state index contributed by atoms with van der Waals surface area (Å²) >= 11 is 0. The van der Waals surface area contributed by atoms with Gasteiger partial charge in [0.1, 0.15) is 0 Å². The molecule has 132 valence electrons. The van der Waals surface area contributed by atoms with Crippen LogP contribution in [-0.2, 0) is 13.6 Å². The summed E-state index contributed by atoms with van der Waals surface area (Å²) < 4.78 is 1.87. The monoisotopic (exact) mass is 434 g/mol. The molecule has 0 unspecified atom stereocenters. The number of aromatic nitrogens is 2. The summed E-state index contributed by atoms with van der Waals surface area (Å²) in [5.41, 5.74) is 1.12. The molecule has 1 aromatic heterocycles. The van der Waals surface area contributed by atoms with Gasteiger partial charge in [0, 0.05) is 26.3 Å². The lowest BCUT2D eigenvalue weighted by Crippen LogP contribution is -2.39. The van der Waals surface area contributed by atoms with Crippen molar-refractivity contribution in [3.05, 3.63) is 18.0 Å². The van der Waals surface area contributed by atoms with Crippen LogP contribution in [0.15, 0.2) is 17.3 Å².